The van der Waals surface area contributed by atoms with Crippen LogP contribution in [0.15, 0.2) is 34.8 Å². The summed E-state index contributed by atoms with van der Waals surface area (Å²) in [6.07, 6.45) is 0. The molecule has 0 spiro atoms. The van der Waals surface area contributed by atoms with E-state index in [4.69, 9.17) is 20.8 Å². The van der Waals surface area contributed by atoms with Crippen LogP contribution in [0, 0.1) is 18.2 Å². The predicted octanol–water partition coefficient (Wildman–Crippen LogP) is 2.88. The largest absolute Gasteiger partial charge is 0.493 e. The minimum atomic E-state index is -1.19. The van der Waals surface area contributed by atoms with Crippen molar-refractivity contribution < 1.29 is 27.8 Å². The van der Waals surface area contributed by atoms with Crippen LogP contribution in [0.2, 0.25) is 0 Å². The first kappa shape index (κ1) is 19.4. The zero-order valence-electron chi connectivity index (χ0n) is 14.8. The highest BCUT2D eigenvalue weighted by Crippen LogP contribution is 2.43. The number of hydrogen-bond donors (Lipinski definition) is 1. The number of rotatable bonds is 5. The van der Waals surface area contributed by atoms with Gasteiger partial charge >= 0.3 is 5.97 Å². The molecule has 0 saturated carbocycles. The molecule has 1 aromatic rings. The van der Waals surface area contributed by atoms with Gasteiger partial charge in [-0.2, -0.15) is 4.39 Å². The molecule has 0 aromatic heterocycles. The molecular formula is C18H18F2N2O4. The maximum atomic E-state index is 14.2. The van der Waals surface area contributed by atoms with E-state index < -0.39 is 23.5 Å². The fourth-order valence-corrected chi connectivity index (χ4v) is 2.93. The predicted molar refractivity (Wildman–Crippen MR) is 89.0 cm³/mol. The highest BCUT2D eigenvalue weighted by molar-refractivity contribution is 5.93. The smallest absolute Gasteiger partial charge is 0.335 e. The molecule has 1 aromatic carbocycles. The van der Waals surface area contributed by atoms with Crippen LogP contribution in [-0.2, 0) is 14.3 Å². The zero-order chi connectivity index (χ0) is 19.4. The van der Waals surface area contributed by atoms with Gasteiger partial charge in [0.15, 0.2) is 17.3 Å². The number of carbonyl (C=O) groups excluding carboxylic acids is 1. The number of nitrogens with zero attached hydrogens (tertiary/aromatic N) is 1. The van der Waals surface area contributed by atoms with Crippen LogP contribution >= 0.6 is 0 Å². The van der Waals surface area contributed by atoms with Crippen molar-refractivity contribution in [2.45, 2.75) is 12.8 Å². The third-order valence-corrected chi connectivity index (χ3v) is 4.02. The summed E-state index contributed by atoms with van der Waals surface area (Å²) in [5, 5.41) is 2.96. The first-order chi connectivity index (χ1) is 12.4. The molecule has 0 radical (unpaired) electrons. The molecule has 2 rings (SSSR count). The second-order valence-corrected chi connectivity index (χ2v) is 5.48. The van der Waals surface area contributed by atoms with Crippen LogP contribution in [0.5, 0.6) is 5.75 Å². The van der Waals surface area contributed by atoms with Crippen molar-refractivity contribution in [3.63, 3.8) is 0 Å². The number of dihydropyridines is 1. The van der Waals surface area contributed by atoms with E-state index in [1.54, 1.807) is 6.92 Å². The minimum Gasteiger partial charge on any atom is -0.493 e. The molecule has 0 aliphatic carbocycles. The first-order valence-corrected chi connectivity index (χ1v) is 7.58. The van der Waals surface area contributed by atoms with Crippen LogP contribution < -0.4 is 10.1 Å². The molecule has 0 saturated heterocycles. The number of hydrogen-bond acceptors (Lipinski definition) is 5. The highest BCUT2D eigenvalue weighted by atomic mass is 19.2. The number of esters is 1. The normalized spacial score (nSPS) is 16.9. The fraction of sp³-hybridized carbons (Fsp3) is 0.333. The van der Waals surface area contributed by atoms with E-state index in [9.17, 15) is 13.6 Å². The number of nitrogens with one attached hydrogen (secondary N) is 1. The van der Waals surface area contributed by atoms with Gasteiger partial charge in [0.05, 0.1) is 44.6 Å². The maximum absolute atomic E-state index is 14.2. The van der Waals surface area contributed by atoms with Gasteiger partial charge < -0.3 is 19.5 Å². The quantitative estimate of drug-likeness (QED) is 0.643. The van der Waals surface area contributed by atoms with Gasteiger partial charge in [-0.05, 0) is 18.6 Å². The molecule has 8 heteroatoms. The minimum absolute atomic E-state index is 0.0372. The van der Waals surface area contributed by atoms with E-state index in [-0.39, 0.29) is 29.2 Å². The Labute approximate surface area is 149 Å². The summed E-state index contributed by atoms with van der Waals surface area (Å²) in [5.74, 6) is -4.36. The van der Waals surface area contributed by atoms with Gasteiger partial charge in [0.2, 0.25) is 5.82 Å². The zero-order valence-corrected chi connectivity index (χ0v) is 14.8. The Kier molecular flexibility index (Phi) is 5.95. The van der Waals surface area contributed by atoms with Crippen LogP contribution in [-0.4, -0.2) is 33.9 Å². The molecule has 138 valence electrons. The molecule has 6 nitrogen and oxygen atoms in total. The summed E-state index contributed by atoms with van der Waals surface area (Å²) in [7, 11) is 3.83. The van der Waals surface area contributed by atoms with Crippen molar-refractivity contribution in [2.75, 3.05) is 27.9 Å². The molecule has 0 amide bonds. The van der Waals surface area contributed by atoms with E-state index in [2.05, 4.69) is 10.2 Å². The lowest BCUT2D eigenvalue weighted by atomic mass is 9.83. The Morgan fingerprint density at radius 1 is 1.31 bits per heavy atom. The second kappa shape index (κ2) is 7.97. The van der Waals surface area contributed by atoms with E-state index in [1.807, 2.05) is 0 Å². The third kappa shape index (κ3) is 3.26. The average Bonchev–Trinajstić information content (AvgIpc) is 2.63. The highest BCUT2D eigenvalue weighted by Gasteiger charge is 2.38. The molecule has 1 aliphatic heterocycles. The van der Waals surface area contributed by atoms with Gasteiger partial charge in [0.25, 0.3) is 0 Å². The maximum Gasteiger partial charge on any atom is 0.335 e. The van der Waals surface area contributed by atoms with E-state index in [0.29, 0.717) is 11.4 Å². The number of carbonyl (C=O) groups is 1. The lowest BCUT2D eigenvalue weighted by Gasteiger charge is -2.30. The summed E-state index contributed by atoms with van der Waals surface area (Å²) in [6.45, 7) is 9.19. The second-order valence-electron chi connectivity index (χ2n) is 5.48. The van der Waals surface area contributed by atoms with Crippen molar-refractivity contribution >= 4 is 5.97 Å². The Bertz CT molecular complexity index is 840. The Hall–Kier alpha value is -2.92. The van der Waals surface area contributed by atoms with Gasteiger partial charge in [0.1, 0.15) is 0 Å². The van der Waals surface area contributed by atoms with Crippen LogP contribution in [0.3, 0.4) is 0 Å². The van der Waals surface area contributed by atoms with Crippen LogP contribution in [0.4, 0.5) is 8.78 Å². The molecule has 0 fully saturated rings. The average molecular weight is 364 g/mol. The van der Waals surface area contributed by atoms with Crippen molar-refractivity contribution in [3.05, 3.63) is 63.4 Å². The Balaban J connectivity index is 2.82. The number of benzene rings is 1. The standard InChI is InChI=1S/C18H18F2N2O4/c1-9-16(21-2)13(10-6-7-11(19)15(20)17(10)25-4)14(18(23)26-5)12(22-9)8-24-3/h6-7,13,22H,8H2,1,3-5H3. The molecule has 0 bridgehead atoms. The summed E-state index contributed by atoms with van der Waals surface area (Å²) < 4.78 is 42.8. The van der Waals surface area contributed by atoms with Crippen LogP contribution in [0.1, 0.15) is 18.4 Å². The van der Waals surface area contributed by atoms with Crippen molar-refractivity contribution in [1.29, 1.82) is 0 Å². The van der Waals surface area contributed by atoms with Crippen LogP contribution in [0.25, 0.3) is 4.85 Å². The molecule has 1 aliphatic rings. The molecule has 1 heterocycles. The Morgan fingerprint density at radius 3 is 2.54 bits per heavy atom. The lowest BCUT2D eigenvalue weighted by Crippen LogP contribution is -2.31. The molecule has 1 N–H and O–H groups in total. The summed E-state index contributed by atoms with van der Waals surface area (Å²) >= 11 is 0. The summed E-state index contributed by atoms with van der Waals surface area (Å²) in [5.41, 5.74) is 1.22. The number of allylic oxidation sites excluding steroid dienone is 2. The molecule has 26 heavy (non-hydrogen) atoms. The van der Waals surface area contributed by atoms with E-state index >= 15 is 0 Å². The first-order valence-electron chi connectivity index (χ1n) is 7.58. The third-order valence-electron chi connectivity index (χ3n) is 4.02. The number of ether oxygens (including phenoxy) is 3. The van der Waals surface area contributed by atoms with Gasteiger partial charge in [-0.15, -0.1) is 0 Å². The Morgan fingerprint density at radius 2 is 2.00 bits per heavy atom. The lowest BCUT2D eigenvalue weighted by molar-refractivity contribution is -0.136. The van der Waals surface area contributed by atoms with Gasteiger partial charge in [-0.3, -0.25) is 0 Å². The molecule has 1 unspecified atom stereocenters. The topological polar surface area (TPSA) is 61.2 Å². The summed E-state index contributed by atoms with van der Waals surface area (Å²) in [6, 6.07) is 2.22. The van der Waals surface area contributed by atoms with Crippen molar-refractivity contribution in [2.24, 2.45) is 0 Å². The van der Waals surface area contributed by atoms with Gasteiger partial charge in [0, 0.05) is 12.8 Å². The van der Waals surface area contributed by atoms with E-state index in [0.717, 1.165) is 6.07 Å². The molecular weight excluding hydrogens is 346 g/mol. The fourth-order valence-electron chi connectivity index (χ4n) is 2.93. The SMILES string of the molecule is [C-]#[N+]C1=C(C)NC(COC)=C(C(=O)OC)C1c1ccc(F)c(F)c1OC. The van der Waals surface area contributed by atoms with Crippen molar-refractivity contribution in [3.8, 4) is 5.75 Å². The van der Waals surface area contributed by atoms with Crippen molar-refractivity contribution in [1.82, 2.24) is 5.32 Å². The number of halogens is 2. The molecule has 1 atom stereocenters. The summed E-state index contributed by atoms with van der Waals surface area (Å²) in [4.78, 5) is 15.9. The monoisotopic (exact) mass is 364 g/mol. The van der Waals surface area contributed by atoms with Gasteiger partial charge in [-0.25, -0.2) is 14.0 Å². The van der Waals surface area contributed by atoms with E-state index in [1.165, 1.54) is 27.4 Å². The number of methoxy groups -OCH3 is 3. The van der Waals surface area contributed by atoms with Gasteiger partial charge in [-0.1, -0.05) is 6.07 Å².